The Hall–Kier alpha value is -3.42. The van der Waals surface area contributed by atoms with Crippen LogP contribution in [-0.4, -0.2) is 29.0 Å². The van der Waals surface area contributed by atoms with Crippen LogP contribution in [0.25, 0.3) is 11.5 Å². The van der Waals surface area contributed by atoms with E-state index in [0.29, 0.717) is 5.56 Å². The van der Waals surface area contributed by atoms with Gasteiger partial charge in [0.05, 0.1) is 0 Å². The third kappa shape index (κ3) is 4.35. The summed E-state index contributed by atoms with van der Waals surface area (Å²) in [6.45, 7) is -0.504. The zero-order chi connectivity index (χ0) is 18.4. The van der Waals surface area contributed by atoms with Crippen LogP contribution >= 0.6 is 0 Å². The third-order valence-electron chi connectivity index (χ3n) is 3.35. The van der Waals surface area contributed by atoms with Gasteiger partial charge in [-0.2, -0.15) is 4.68 Å². The quantitative estimate of drug-likeness (QED) is 0.476. The van der Waals surface area contributed by atoms with E-state index in [0.717, 1.165) is 4.68 Å². The lowest BCUT2D eigenvalue weighted by atomic mass is 10.2. The molecule has 0 fully saturated rings. The highest BCUT2D eigenvalue weighted by Crippen LogP contribution is 2.15. The molecule has 0 amide bonds. The van der Waals surface area contributed by atoms with E-state index >= 15 is 0 Å². The van der Waals surface area contributed by atoms with Crippen LogP contribution in [0.2, 0.25) is 0 Å². The fraction of sp³-hybridized carbons (Fsp3) is 0.167. The molecule has 2 aromatic carbocycles. The second-order valence-corrected chi connectivity index (χ2v) is 5.20. The molecule has 0 saturated heterocycles. The first-order chi connectivity index (χ1) is 12.6. The zero-order valence-electron chi connectivity index (χ0n) is 13.6. The predicted octanol–water partition coefficient (Wildman–Crippen LogP) is 2.26. The molecule has 0 bridgehead atoms. The molecule has 0 aliphatic heterocycles. The second-order valence-electron chi connectivity index (χ2n) is 5.20. The monoisotopic (exact) mass is 358 g/mol. The first kappa shape index (κ1) is 17.4. The summed E-state index contributed by atoms with van der Waals surface area (Å²) >= 11 is 0. The van der Waals surface area contributed by atoms with Gasteiger partial charge in [0, 0.05) is 5.56 Å². The Bertz CT molecular complexity index is 936. The number of hydrogen-bond donors (Lipinski definition) is 0. The van der Waals surface area contributed by atoms with Gasteiger partial charge in [-0.3, -0.25) is 4.79 Å². The van der Waals surface area contributed by atoms with Crippen LogP contribution in [0.1, 0.15) is 0 Å². The summed E-state index contributed by atoms with van der Waals surface area (Å²) < 4.78 is 29.4. The number of nitrogens with zero attached hydrogens (tertiary/aromatic N) is 2. The van der Waals surface area contributed by atoms with Gasteiger partial charge in [-0.25, -0.2) is 9.18 Å². The van der Waals surface area contributed by atoms with Crippen LogP contribution in [0, 0.1) is 5.82 Å². The smallest absolute Gasteiger partial charge is 0.437 e. The van der Waals surface area contributed by atoms with Crippen LogP contribution in [-0.2, 0) is 16.1 Å². The fourth-order valence-corrected chi connectivity index (χ4v) is 2.14. The summed E-state index contributed by atoms with van der Waals surface area (Å²) in [7, 11) is 0. The Morgan fingerprint density at radius 3 is 2.58 bits per heavy atom. The number of hydrogen-bond acceptors (Lipinski definition) is 6. The minimum atomic E-state index is -0.761. The molecule has 8 heteroatoms. The van der Waals surface area contributed by atoms with Crippen molar-refractivity contribution < 1.29 is 23.1 Å². The standard InChI is InChI=1S/C18H15FN2O5/c19-14-8-4-5-9-15(14)24-10-11-25-16(22)12-21-18(23)26-17(20-21)13-6-2-1-3-7-13/h1-9H,10-12H2. The highest BCUT2D eigenvalue weighted by molar-refractivity contribution is 5.69. The second kappa shape index (κ2) is 8.11. The lowest BCUT2D eigenvalue weighted by Crippen LogP contribution is -2.24. The third-order valence-corrected chi connectivity index (χ3v) is 3.35. The van der Waals surface area contributed by atoms with Gasteiger partial charge in [0.1, 0.15) is 19.8 Å². The highest BCUT2D eigenvalue weighted by Gasteiger charge is 2.14. The molecule has 3 aromatic rings. The molecule has 0 atom stereocenters. The molecule has 26 heavy (non-hydrogen) atoms. The summed E-state index contributed by atoms with van der Waals surface area (Å²) in [5.74, 6) is -1.75. The summed E-state index contributed by atoms with van der Waals surface area (Å²) in [6.07, 6.45) is 0. The van der Waals surface area contributed by atoms with Gasteiger partial charge in [-0.15, -0.1) is 5.10 Å². The van der Waals surface area contributed by atoms with E-state index in [2.05, 4.69) is 5.10 Å². The summed E-state index contributed by atoms with van der Waals surface area (Å²) in [5.41, 5.74) is 0.620. The minimum Gasteiger partial charge on any atom is -0.487 e. The molecular formula is C18H15FN2O5. The molecule has 0 saturated carbocycles. The van der Waals surface area contributed by atoms with Crippen molar-refractivity contribution in [1.82, 2.24) is 9.78 Å². The molecular weight excluding hydrogens is 343 g/mol. The Morgan fingerprint density at radius 1 is 1.08 bits per heavy atom. The van der Waals surface area contributed by atoms with Crippen molar-refractivity contribution >= 4 is 5.97 Å². The summed E-state index contributed by atoms with van der Waals surface area (Å²) in [4.78, 5) is 23.6. The Kier molecular flexibility index (Phi) is 5.43. The summed E-state index contributed by atoms with van der Waals surface area (Å²) in [5, 5.41) is 3.96. The van der Waals surface area contributed by atoms with Crippen LogP contribution < -0.4 is 10.5 Å². The number of rotatable bonds is 7. The van der Waals surface area contributed by atoms with E-state index in [1.807, 2.05) is 6.07 Å². The lowest BCUT2D eigenvalue weighted by molar-refractivity contribution is -0.145. The number of benzene rings is 2. The number of carbonyl (C=O) groups is 1. The minimum absolute atomic E-state index is 0.0182. The normalized spacial score (nSPS) is 10.5. The first-order valence-electron chi connectivity index (χ1n) is 7.80. The van der Waals surface area contributed by atoms with E-state index < -0.39 is 24.1 Å². The van der Waals surface area contributed by atoms with Crippen LogP contribution in [0.3, 0.4) is 0 Å². The number of carbonyl (C=O) groups excluding carboxylic acids is 1. The lowest BCUT2D eigenvalue weighted by Gasteiger charge is -2.07. The van der Waals surface area contributed by atoms with Crippen molar-refractivity contribution in [2.24, 2.45) is 0 Å². The Morgan fingerprint density at radius 2 is 1.81 bits per heavy atom. The van der Waals surface area contributed by atoms with E-state index in [9.17, 15) is 14.0 Å². The topological polar surface area (TPSA) is 83.6 Å². The van der Waals surface area contributed by atoms with Crippen LogP contribution in [0.5, 0.6) is 5.75 Å². The Labute approximate surface area is 147 Å². The van der Waals surface area contributed by atoms with Gasteiger partial charge in [-0.1, -0.05) is 30.3 Å². The zero-order valence-corrected chi connectivity index (χ0v) is 13.6. The van der Waals surface area contributed by atoms with Crippen molar-refractivity contribution in [3.05, 3.63) is 71.0 Å². The van der Waals surface area contributed by atoms with Crippen LogP contribution in [0.15, 0.2) is 63.8 Å². The first-order valence-corrected chi connectivity index (χ1v) is 7.80. The summed E-state index contributed by atoms with van der Waals surface area (Å²) in [6, 6.07) is 14.7. The molecule has 0 aliphatic rings. The van der Waals surface area contributed by atoms with E-state index in [-0.39, 0.29) is 24.9 Å². The highest BCUT2D eigenvalue weighted by atomic mass is 19.1. The molecule has 1 heterocycles. The average Bonchev–Trinajstić information content (AvgIpc) is 3.01. The van der Waals surface area contributed by atoms with Gasteiger partial charge >= 0.3 is 11.7 Å². The largest absolute Gasteiger partial charge is 0.487 e. The molecule has 0 spiro atoms. The van der Waals surface area contributed by atoms with Crippen molar-refractivity contribution in [1.29, 1.82) is 0 Å². The molecule has 3 rings (SSSR count). The van der Waals surface area contributed by atoms with Gasteiger partial charge in [0.15, 0.2) is 11.6 Å². The predicted molar refractivity (Wildman–Crippen MR) is 89.1 cm³/mol. The molecule has 0 unspecified atom stereocenters. The maximum absolute atomic E-state index is 13.4. The van der Waals surface area contributed by atoms with E-state index in [4.69, 9.17) is 13.9 Å². The molecule has 0 N–H and O–H groups in total. The average molecular weight is 358 g/mol. The van der Waals surface area contributed by atoms with Crippen molar-refractivity contribution in [3.8, 4) is 17.2 Å². The van der Waals surface area contributed by atoms with Crippen molar-refractivity contribution in [3.63, 3.8) is 0 Å². The number of ether oxygens (including phenoxy) is 2. The SMILES string of the molecule is O=C(Cn1nc(-c2ccccc2)oc1=O)OCCOc1ccccc1F. The fourth-order valence-electron chi connectivity index (χ4n) is 2.14. The van der Waals surface area contributed by atoms with Gasteiger partial charge in [0.2, 0.25) is 5.89 Å². The van der Waals surface area contributed by atoms with Gasteiger partial charge in [0.25, 0.3) is 0 Å². The van der Waals surface area contributed by atoms with E-state index in [1.54, 1.807) is 36.4 Å². The maximum atomic E-state index is 13.4. The van der Waals surface area contributed by atoms with Gasteiger partial charge < -0.3 is 13.9 Å². The number of halogens is 1. The number of aromatic nitrogens is 2. The Balaban J connectivity index is 1.50. The molecule has 7 nitrogen and oxygen atoms in total. The molecule has 0 aliphatic carbocycles. The van der Waals surface area contributed by atoms with Crippen LogP contribution in [0.4, 0.5) is 4.39 Å². The number of esters is 1. The maximum Gasteiger partial charge on any atom is 0.437 e. The molecule has 1 aromatic heterocycles. The van der Waals surface area contributed by atoms with Gasteiger partial charge in [-0.05, 0) is 24.3 Å². The molecule has 0 radical (unpaired) electrons. The van der Waals surface area contributed by atoms with E-state index in [1.165, 1.54) is 12.1 Å². The number of para-hydroxylation sites is 1. The molecule has 134 valence electrons. The van der Waals surface area contributed by atoms with Crippen molar-refractivity contribution in [2.45, 2.75) is 6.54 Å². The van der Waals surface area contributed by atoms with Crippen molar-refractivity contribution in [2.75, 3.05) is 13.2 Å².